The molecule has 4 heteroatoms. The van der Waals surface area contributed by atoms with Gasteiger partial charge in [0.1, 0.15) is 5.82 Å². The van der Waals surface area contributed by atoms with Gasteiger partial charge in [0, 0.05) is 16.5 Å². The van der Waals surface area contributed by atoms with E-state index in [1.54, 1.807) is 0 Å². The van der Waals surface area contributed by atoms with Gasteiger partial charge in [-0.1, -0.05) is 18.5 Å². The summed E-state index contributed by atoms with van der Waals surface area (Å²) in [6, 6.07) is 6.77. The second-order valence-corrected chi connectivity index (χ2v) is 6.99. The Morgan fingerprint density at radius 1 is 1.33 bits per heavy atom. The third kappa shape index (κ3) is 2.18. The number of hydrogen-bond acceptors (Lipinski definition) is 2. The van der Waals surface area contributed by atoms with Crippen molar-refractivity contribution in [3.8, 4) is 0 Å². The minimum Gasteiger partial charge on any atom is -0.324 e. The van der Waals surface area contributed by atoms with Crippen molar-refractivity contribution in [2.24, 2.45) is 0 Å². The van der Waals surface area contributed by atoms with Crippen molar-refractivity contribution in [1.29, 1.82) is 0 Å². The number of rotatable bonds is 3. The van der Waals surface area contributed by atoms with E-state index in [0.29, 0.717) is 6.04 Å². The Morgan fingerprint density at radius 3 is 2.76 bits per heavy atom. The highest BCUT2D eigenvalue weighted by Crippen LogP contribution is 2.45. The Morgan fingerprint density at radius 2 is 2.10 bits per heavy atom. The molecule has 4 rings (SSSR count). The predicted molar refractivity (Wildman–Crippen MR) is 87.1 cm³/mol. The quantitative estimate of drug-likeness (QED) is 0.927. The standard InChI is InChI=1S/C17H22ClN3/c1-2-17(7-9-19-10-8-17)16-20-14-6-3-12(18)11-15(14)21(16)13-4-5-13/h3,6,11,13,19H,2,4-5,7-10H2,1H3. The van der Waals surface area contributed by atoms with Crippen LogP contribution in [0.25, 0.3) is 11.0 Å². The van der Waals surface area contributed by atoms with Crippen molar-refractivity contribution in [2.75, 3.05) is 13.1 Å². The molecule has 1 aromatic heterocycles. The molecule has 0 amide bonds. The van der Waals surface area contributed by atoms with Gasteiger partial charge in [0.25, 0.3) is 0 Å². The van der Waals surface area contributed by atoms with Crippen LogP contribution in [-0.2, 0) is 5.41 Å². The van der Waals surface area contributed by atoms with Gasteiger partial charge in [-0.15, -0.1) is 0 Å². The molecule has 0 spiro atoms. The Balaban J connectivity index is 1.92. The van der Waals surface area contributed by atoms with Crippen LogP contribution in [0.1, 0.15) is 50.9 Å². The van der Waals surface area contributed by atoms with Gasteiger partial charge in [0.05, 0.1) is 11.0 Å². The third-order valence-corrected chi connectivity index (χ3v) is 5.51. The third-order valence-electron chi connectivity index (χ3n) is 5.28. The van der Waals surface area contributed by atoms with E-state index in [2.05, 4.69) is 28.9 Å². The van der Waals surface area contributed by atoms with Crippen LogP contribution in [0.2, 0.25) is 5.02 Å². The molecule has 2 heterocycles. The zero-order valence-electron chi connectivity index (χ0n) is 12.5. The largest absolute Gasteiger partial charge is 0.324 e. The van der Waals surface area contributed by atoms with Gasteiger partial charge in [-0.3, -0.25) is 0 Å². The summed E-state index contributed by atoms with van der Waals surface area (Å²) in [6.45, 7) is 4.51. The summed E-state index contributed by atoms with van der Waals surface area (Å²) in [6.07, 6.45) is 6.10. The lowest BCUT2D eigenvalue weighted by Gasteiger charge is -2.36. The fraction of sp³-hybridized carbons (Fsp3) is 0.588. The Kier molecular flexibility index (Phi) is 3.23. The maximum absolute atomic E-state index is 6.23. The van der Waals surface area contributed by atoms with Crippen molar-refractivity contribution in [3.05, 3.63) is 29.0 Å². The van der Waals surface area contributed by atoms with Crippen LogP contribution in [-0.4, -0.2) is 22.6 Å². The van der Waals surface area contributed by atoms with Crippen molar-refractivity contribution < 1.29 is 0 Å². The molecule has 1 aliphatic carbocycles. The predicted octanol–water partition coefficient (Wildman–Crippen LogP) is 4.06. The zero-order chi connectivity index (χ0) is 14.4. The Hall–Kier alpha value is -1.06. The lowest BCUT2D eigenvalue weighted by Crippen LogP contribution is -2.41. The van der Waals surface area contributed by atoms with E-state index in [0.717, 1.165) is 23.6 Å². The first-order valence-corrected chi connectivity index (χ1v) is 8.50. The first-order valence-electron chi connectivity index (χ1n) is 8.12. The van der Waals surface area contributed by atoms with Gasteiger partial charge in [-0.2, -0.15) is 0 Å². The molecular weight excluding hydrogens is 282 g/mol. The Labute approximate surface area is 130 Å². The van der Waals surface area contributed by atoms with Gasteiger partial charge in [-0.25, -0.2) is 4.98 Å². The summed E-state index contributed by atoms with van der Waals surface area (Å²) >= 11 is 6.23. The van der Waals surface area contributed by atoms with Crippen LogP contribution in [0.4, 0.5) is 0 Å². The maximum atomic E-state index is 6.23. The van der Waals surface area contributed by atoms with Gasteiger partial charge in [-0.05, 0) is 63.4 Å². The van der Waals surface area contributed by atoms with Crippen LogP contribution in [0.15, 0.2) is 18.2 Å². The number of nitrogens with one attached hydrogen (secondary N) is 1. The minimum atomic E-state index is 0.235. The number of benzene rings is 1. The second-order valence-electron chi connectivity index (χ2n) is 6.55. The number of hydrogen-bond donors (Lipinski definition) is 1. The Bertz CT molecular complexity index is 666. The van der Waals surface area contributed by atoms with E-state index in [1.165, 1.54) is 43.4 Å². The van der Waals surface area contributed by atoms with E-state index in [4.69, 9.17) is 16.6 Å². The highest BCUT2D eigenvalue weighted by Gasteiger charge is 2.40. The highest BCUT2D eigenvalue weighted by atomic mass is 35.5. The van der Waals surface area contributed by atoms with Gasteiger partial charge in [0.2, 0.25) is 0 Å². The molecule has 2 aliphatic rings. The minimum absolute atomic E-state index is 0.235. The van der Waals surface area contributed by atoms with Crippen molar-refractivity contribution in [1.82, 2.24) is 14.9 Å². The SMILES string of the molecule is CCC1(c2nc3ccc(Cl)cc3n2C2CC2)CCNCC1. The van der Waals surface area contributed by atoms with Crippen molar-refractivity contribution in [2.45, 2.75) is 50.5 Å². The topological polar surface area (TPSA) is 29.9 Å². The van der Waals surface area contributed by atoms with Crippen molar-refractivity contribution >= 4 is 22.6 Å². The van der Waals surface area contributed by atoms with E-state index < -0.39 is 0 Å². The summed E-state index contributed by atoms with van der Waals surface area (Å²) in [5, 5.41) is 4.30. The average molecular weight is 304 g/mol. The van der Waals surface area contributed by atoms with E-state index >= 15 is 0 Å². The van der Waals surface area contributed by atoms with E-state index in [-0.39, 0.29) is 5.41 Å². The molecule has 1 aliphatic heterocycles. The molecule has 3 nitrogen and oxygen atoms in total. The summed E-state index contributed by atoms with van der Waals surface area (Å²) in [5.74, 6) is 1.31. The van der Waals surface area contributed by atoms with Crippen molar-refractivity contribution in [3.63, 3.8) is 0 Å². The molecule has 0 unspecified atom stereocenters. The zero-order valence-corrected chi connectivity index (χ0v) is 13.3. The molecule has 1 saturated heterocycles. The molecule has 21 heavy (non-hydrogen) atoms. The molecule has 112 valence electrons. The molecule has 2 fully saturated rings. The lowest BCUT2D eigenvalue weighted by atomic mass is 9.76. The molecule has 2 aromatic rings. The van der Waals surface area contributed by atoms with Crippen LogP contribution in [0, 0.1) is 0 Å². The van der Waals surface area contributed by atoms with Crippen LogP contribution < -0.4 is 5.32 Å². The smallest absolute Gasteiger partial charge is 0.116 e. The fourth-order valence-electron chi connectivity index (χ4n) is 3.78. The highest BCUT2D eigenvalue weighted by molar-refractivity contribution is 6.31. The molecule has 1 saturated carbocycles. The molecule has 0 radical (unpaired) electrons. The normalized spacial score (nSPS) is 21.8. The molecule has 0 bridgehead atoms. The maximum Gasteiger partial charge on any atom is 0.116 e. The molecule has 1 aromatic carbocycles. The lowest BCUT2D eigenvalue weighted by molar-refractivity contribution is 0.274. The summed E-state index contributed by atoms with van der Waals surface area (Å²) < 4.78 is 2.51. The van der Waals surface area contributed by atoms with Crippen LogP contribution >= 0.6 is 11.6 Å². The number of nitrogens with zero attached hydrogens (tertiary/aromatic N) is 2. The molecule has 1 N–H and O–H groups in total. The second kappa shape index (κ2) is 4.99. The molecule has 0 atom stereocenters. The summed E-state index contributed by atoms with van der Waals surface area (Å²) in [5.41, 5.74) is 2.57. The number of imidazole rings is 1. The van der Waals surface area contributed by atoms with Gasteiger partial charge in [0.15, 0.2) is 0 Å². The average Bonchev–Trinajstić information content (AvgIpc) is 3.28. The number of fused-ring (bicyclic) bond motifs is 1. The van der Waals surface area contributed by atoms with Gasteiger partial charge >= 0.3 is 0 Å². The number of halogens is 1. The number of piperidine rings is 1. The first kappa shape index (κ1) is 13.6. The van der Waals surface area contributed by atoms with E-state index in [1.807, 2.05) is 6.07 Å². The fourth-order valence-corrected chi connectivity index (χ4v) is 3.95. The van der Waals surface area contributed by atoms with E-state index in [9.17, 15) is 0 Å². The van der Waals surface area contributed by atoms with Crippen LogP contribution in [0.5, 0.6) is 0 Å². The first-order chi connectivity index (χ1) is 10.2. The van der Waals surface area contributed by atoms with Gasteiger partial charge < -0.3 is 9.88 Å². The molecular formula is C17H22ClN3. The summed E-state index contributed by atoms with van der Waals surface area (Å²) in [7, 11) is 0. The summed E-state index contributed by atoms with van der Waals surface area (Å²) in [4.78, 5) is 5.06. The monoisotopic (exact) mass is 303 g/mol. The van der Waals surface area contributed by atoms with Crippen LogP contribution in [0.3, 0.4) is 0 Å². The number of aromatic nitrogens is 2.